The summed E-state index contributed by atoms with van der Waals surface area (Å²) in [4.78, 5) is 14.2. The first-order valence-electron chi connectivity index (χ1n) is 24.2. The van der Waals surface area contributed by atoms with E-state index in [2.05, 4.69) is 215 Å². The van der Waals surface area contributed by atoms with Crippen LogP contribution in [0.25, 0.3) is 44.5 Å². The SMILES string of the molecule is CCCCC(CC)COC(=O)CCSc1cc(C[NH2+]Cc2ccc(-c3ccccc3)cc2)ccc1-c1ccc(-c2ccc(C[NH2+]Cc3ccc(-c4ccccc4)cc3)cc2)c(C(C)(C)C)c1. The van der Waals surface area contributed by atoms with Gasteiger partial charge in [-0.15, -0.1) is 11.8 Å². The molecule has 0 saturated carbocycles. The molecule has 340 valence electrons. The summed E-state index contributed by atoms with van der Waals surface area (Å²) < 4.78 is 5.81. The number of rotatable bonds is 22. The molecule has 0 spiro atoms. The molecule has 4 nitrogen and oxygen atoms in total. The van der Waals surface area contributed by atoms with Gasteiger partial charge in [0.05, 0.1) is 13.0 Å². The number of benzene rings is 7. The number of ether oxygens (including phenoxy) is 1. The topological polar surface area (TPSA) is 59.5 Å². The van der Waals surface area contributed by atoms with E-state index in [-0.39, 0.29) is 11.4 Å². The van der Waals surface area contributed by atoms with Crippen LogP contribution in [0.1, 0.15) is 94.5 Å². The van der Waals surface area contributed by atoms with Crippen LogP contribution in [-0.2, 0) is 41.1 Å². The van der Waals surface area contributed by atoms with E-state index in [1.165, 1.54) is 90.1 Å². The van der Waals surface area contributed by atoms with Crippen LogP contribution in [0.5, 0.6) is 0 Å². The standard InChI is InChI=1S/C61H68N2O2S/c1-6-8-15-45(7-2)44-65-60(64)36-37-66-59-38-49(43-63-42-47-22-29-53(30-23-47)51-18-13-10-14-19-51)26-34-57(59)55-33-35-56(58(39-55)61(3,4)5)54-31-24-48(25-32-54)41-62-40-46-20-27-52(28-21-46)50-16-11-9-12-17-50/h9-14,16-35,38-39,45,62-63H,6-8,15,36-37,40-44H2,1-5H3/p+2. The maximum Gasteiger partial charge on any atom is 0.306 e. The number of carbonyl (C=O) groups is 1. The second-order valence-electron chi connectivity index (χ2n) is 18.8. The van der Waals surface area contributed by atoms with Gasteiger partial charge in [0, 0.05) is 32.9 Å². The van der Waals surface area contributed by atoms with E-state index in [0.717, 1.165) is 39.0 Å². The predicted octanol–water partition coefficient (Wildman–Crippen LogP) is 13.4. The van der Waals surface area contributed by atoms with E-state index in [9.17, 15) is 4.79 Å². The van der Waals surface area contributed by atoms with Gasteiger partial charge in [0.15, 0.2) is 0 Å². The van der Waals surface area contributed by atoms with Gasteiger partial charge >= 0.3 is 5.97 Å². The van der Waals surface area contributed by atoms with Crippen LogP contribution in [0.15, 0.2) is 175 Å². The highest BCUT2D eigenvalue weighted by Gasteiger charge is 2.21. The zero-order chi connectivity index (χ0) is 46.1. The first-order chi connectivity index (χ1) is 32.2. The van der Waals surface area contributed by atoms with Gasteiger partial charge in [-0.2, -0.15) is 0 Å². The Hall–Kier alpha value is -5.72. The van der Waals surface area contributed by atoms with E-state index in [1.54, 1.807) is 11.8 Å². The lowest BCUT2D eigenvalue weighted by Crippen LogP contribution is -2.80. The fraction of sp³-hybridized carbons (Fsp3) is 0.295. The minimum Gasteiger partial charge on any atom is -0.465 e. The predicted molar refractivity (Wildman–Crippen MR) is 278 cm³/mol. The van der Waals surface area contributed by atoms with E-state index in [4.69, 9.17) is 4.74 Å². The third kappa shape index (κ3) is 13.9. The molecule has 0 heterocycles. The highest BCUT2D eigenvalue weighted by Crippen LogP contribution is 2.39. The lowest BCUT2D eigenvalue weighted by molar-refractivity contribution is -0.686. The van der Waals surface area contributed by atoms with Crippen LogP contribution in [0.2, 0.25) is 0 Å². The number of carbonyl (C=O) groups excluding carboxylic acids is 1. The fourth-order valence-corrected chi connectivity index (χ4v) is 9.68. The second-order valence-corrected chi connectivity index (χ2v) is 19.9. The summed E-state index contributed by atoms with van der Waals surface area (Å²) >= 11 is 1.77. The highest BCUT2D eigenvalue weighted by atomic mass is 32.2. The van der Waals surface area contributed by atoms with Gasteiger partial charge in [-0.25, -0.2) is 0 Å². The number of nitrogens with two attached hydrogens (primary N) is 2. The Bertz CT molecular complexity index is 2560. The van der Waals surface area contributed by atoms with Gasteiger partial charge in [-0.3, -0.25) is 4.79 Å². The van der Waals surface area contributed by atoms with Crippen molar-refractivity contribution in [3.05, 3.63) is 198 Å². The molecule has 0 aliphatic heterocycles. The molecule has 7 aromatic carbocycles. The quantitative estimate of drug-likeness (QED) is 0.0526. The molecule has 4 N–H and O–H groups in total. The van der Waals surface area contributed by atoms with Crippen LogP contribution in [0.3, 0.4) is 0 Å². The monoisotopic (exact) mass is 895 g/mol. The Balaban J connectivity index is 1.04. The molecule has 7 aromatic rings. The van der Waals surface area contributed by atoms with Crippen molar-refractivity contribution in [1.29, 1.82) is 0 Å². The number of hydrogen-bond acceptors (Lipinski definition) is 3. The Labute approximate surface area is 399 Å². The summed E-state index contributed by atoms with van der Waals surface area (Å²) in [6, 6.07) is 62.1. The van der Waals surface area contributed by atoms with Crippen molar-refractivity contribution in [1.82, 2.24) is 0 Å². The zero-order valence-electron chi connectivity index (χ0n) is 39.9. The first kappa shape index (κ1) is 48.2. The third-order valence-corrected chi connectivity index (χ3v) is 13.7. The van der Waals surface area contributed by atoms with Crippen molar-refractivity contribution in [2.24, 2.45) is 5.92 Å². The average molecular weight is 895 g/mol. The number of quaternary nitrogens is 2. The highest BCUT2D eigenvalue weighted by molar-refractivity contribution is 7.99. The van der Waals surface area contributed by atoms with Crippen LogP contribution in [0.4, 0.5) is 0 Å². The smallest absolute Gasteiger partial charge is 0.306 e. The Morgan fingerprint density at radius 3 is 1.53 bits per heavy atom. The molecule has 0 saturated heterocycles. The molecule has 0 aliphatic rings. The minimum atomic E-state index is -0.0983. The fourth-order valence-electron chi connectivity index (χ4n) is 8.62. The van der Waals surface area contributed by atoms with Gasteiger partial charge in [0.2, 0.25) is 0 Å². The lowest BCUT2D eigenvalue weighted by Gasteiger charge is -2.25. The van der Waals surface area contributed by atoms with Crippen molar-refractivity contribution in [2.75, 3.05) is 12.4 Å². The lowest BCUT2D eigenvalue weighted by atomic mass is 9.80. The van der Waals surface area contributed by atoms with E-state index >= 15 is 0 Å². The molecule has 0 amide bonds. The van der Waals surface area contributed by atoms with Gasteiger partial charge < -0.3 is 15.4 Å². The summed E-state index contributed by atoms with van der Waals surface area (Å²) in [6.45, 7) is 15.5. The second kappa shape index (κ2) is 24.2. The molecule has 66 heavy (non-hydrogen) atoms. The van der Waals surface area contributed by atoms with Crippen LogP contribution in [0, 0.1) is 5.92 Å². The van der Waals surface area contributed by atoms with Gasteiger partial charge in [-0.05, 0) is 80.0 Å². The number of hydrogen-bond donors (Lipinski definition) is 2. The molecular formula is C61H70N2O2S+2. The van der Waals surface area contributed by atoms with Crippen LogP contribution >= 0.6 is 11.8 Å². The summed E-state index contributed by atoms with van der Waals surface area (Å²) in [5, 5.41) is 4.76. The number of esters is 1. The van der Waals surface area contributed by atoms with Gasteiger partial charge in [-0.1, -0.05) is 212 Å². The Morgan fingerprint density at radius 1 is 0.545 bits per heavy atom. The molecule has 0 radical (unpaired) electrons. The van der Waals surface area contributed by atoms with Gasteiger partial charge in [0.1, 0.15) is 26.2 Å². The maximum atomic E-state index is 13.0. The normalized spacial score (nSPS) is 12.0. The van der Waals surface area contributed by atoms with E-state index < -0.39 is 0 Å². The van der Waals surface area contributed by atoms with E-state index in [0.29, 0.717) is 24.7 Å². The van der Waals surface area contributed by atoms with Crippen LogP contribution in [-0.4, -0.2) is 18.3 Å². The van der Waals surface area contributed by atoms with Crippen molar-refractivity contribution in [3.8, 4) is 44.5 Å². The third-order valence-electron chi connectivity index (χ3n) is 12.7. The minimum absolute atomic E-state index is 0.0768. The zero-order valence-corrected chi connectivity index (χ0v) is 40.7. The molecule has 7 rings (SSSR count). The Kier molecular flexibility index (Phi) is 17.7. The van der Waals surface area contributed by atoms with Crippen molar-refractivity contribution in [2.45, 2.75) is 103 Å². The Morgan fingerprint density at radius 2 is 1.02 bits per heavy atom. The van der Waals surface area contributed by atoms with Crippen molar-refractivity contribution < 1.29 is 20.2 Å². The van der Waals surface area contributed by atoms with Crippen molar-refractivity contribution >= 4 is 17.7 Å². The molecule has 5 heteroatoms. The molecular weight excluding hydrogens is 825 g/mol. The summed E-state index contributed by atoms with van der Waals surface area (Å²) in [7, 11) is 0. The summed E-state index contributed by atoms with van der Waals surface area (Å²) in [6.07, 6.45) is 4.90. The molecule has 1 unspecified atom stereocenters. The first-order valence-corrected chi connectivity index (χ1v) is 25.2. The van der Waals surface area contributed by atoms with Crippen LogP contribution < -0.4 is 10.6 Å². The largest absolute Gasteiger partial charge is 0.465 e. The molecule has 1 atom stereocenters. The van der Waals surface area contributed by atoms with Gasteiger partial charge in [0.25, 0.3) is 0 Å². The molecule has 0 aliphatic carbocycles. The summed E-state index contributed by atoms with van der Waals surface area (Å²) in [5.74, 6) is 1.02. The maximum absolute atomic E-state index is 13.0. The number of unbranched alkanes of at least 4 members (excludes halogenated alkanes) is 1. The van der Waals surface area contributed by atoms with E-state index in [1.807, 2.05) is 0 Å². The average Bonchev–Trinajstić information content (AvgIpc) is 3.35. The summed E-state index contributed by atoms with van der Waals surface area (Å²) in [5.41, 5.74) is 16.4. The van der Waals surface area contributed by atoms with Crippen molar-refractivity contribution in [3.63, 3.8) is 0 Å². The molecule has 0 aromatic heterocycles. The molecule has 0 fully saturated rings. The molecule has 0 bridgehead atoms. The number of thioether (sulfide) groups is 1.